The third-order valence-electron chi connectivity index (χ3n) is 3.37. The highest BCUT2D eigenvalue weighted by Gasteiger charge is 2.13. The SMILES string of the molecule is c1coc(-c2nc(CN3CCCCCC3)co2)c1. The van der Waals surface area contributed by atoms with E-state index in [4.69, 9.17) is 8.83 Å². The summed E-state index contributed by atoms with van der Waals surface area (Å²) in [6.45, 7) is 3.22. The smallest absolute Gasteiger partial charge is 0.263 e. The lowest BCUT2D eigenvalue weighted by molar-refractivity contribution is 0.273. The summed E-state index contributed by atoms with van der Waals surface area (Å²) in [7, 11) is 0. The van der Waals surface area contributed by atoms with Gasteiger partial charge in [-0.15, -0.1) is 0 Å². The van der Waals surface area contributed by atoms with Crippen molar-refractivity contribution in [1.29, 1.82) is 0 Å². The summed E-state index contributed by atoms with van der Waals surface area (Å²) in [5.41, 5.74) is 0.989. The Kier molecular flexibility index (Phi) is 3.46. The third kappa shape index (κ3) is 2.64. The Morgan fingerprint density at radius 1 is 1.11 bits per heavy atom. The minimum atomic E-state index is 0.574. The molecule has 0 N–H and O–H groups in total. The van der Waals surface area contributed by atoms with Crippen LogP contribution in [0, 0.1) is 0 Å². The maximum atomic E-state index is 5.45. The van der Waals surface area contributed by atoms with Crippen molar-refractivity contribution in [1.82, 2.24) is 9.88 Å². The number of aromatic nitrogens is 1. The number of hydrogen-bond acceptors (Lipinski definition) is 4. The van der Waals surface area contributed by atoms with E-state index in [1.165, 1.54) is 38.8 Å². The van der Waals surface area contributed by atoms with Crippen LogP contribution in [-0.4, -0.2) is 23.0 Å². The van der Waals surface area contributed by atoms with Gasteiger partial charge in [-0.3, -0.25) is 4.90 Å². The van der Waals surface area contributed by atoms with Gasteiger partial charge in [-0.1, -0.05) is 12.8 Å². The monoisotopic (exact) mass is 246 g/mol. The van der Waals surface area contributed by atoms with Crippen molar-refractivity contribution in [2.24, 2.45) is 0 Å². The third-order valence-corrected chi connectivity index (χ3v) is 3.37. The van der Waals surface area contributed by atoms with Crippen LogP contribution in [0.2, 0.25) is 0 Å². The molecule has 0 saturated carbocycles. The van der Waals surface area contributed by atoms with E-state index in [0.29, 0.717) is 11.7 Å². The summed E-state index contributed by atoms with van der Waals surface area (Å²) >= 11 is 0. The van der Waals surface area contributed by atoms with Crippen molar-refractivity contribution >= 4 is 0 Å². The van der Waals surface area contributed by atoms with Crippen LogP contribution in [0.3, 0.4) is 0 Å². The second kappa shape index (κ2) is 5.40. The molecule has 0 aliphatic carbocycles. The standard InChI is InChI=1S/C14H18N2O2/c1-2-4-8-16(7-3-1)10-12-11-18-14(15-12)13-6-5-9-17-13/h5-6,9,11H,1-4,7-8,10H2. The average Bonchev–Trinajstić information content (AvgIpc) is 2.98. The Bertz CT molecular complexity index is 468. The van der Waals surface area contributed by atoms with Gasteiger partial charge in [-0.05, 0) is 38.1 Å². The molecule has 0 radical (unpaired) electrons. The average molecular weight is 246 g/mol. The minimum absolute atomic E-state index is 0.574. The van der Waals surface area contributed by atoms with Crippen LogP contribution in [0.25, 0.3) is 11.7 Å². The fourth-order valence-electron chi connectivity index (χ4n) is 2.42. The number of hydrogen-bond donors (Lipinski definition) is 0. The predicted molar refractivity (Wildman–Crippen MR) is 68.0 cm³/mol. The Morgan fingerprint density at radius 3 is 2.67 bits per heavy atom. The number of oxazole rings is 1. The van der Waals surface area contributed by atoms with Crippen molar-refractivity contribution in [2.75, 3.05) is 13.1 Å². The van der Waals surface area contributed by atoms with Gasteiger partial charge in [0.1, 0.15) is 6.26 Å². The second-order valence-electron chi connectivity index (χ2n) is 4.81. The number of furan rings is 1. The molecular weight excluding hydrogens is 228 g/mol. The zero-order chi connectivity index (χ0) is 12.2. The van der Waals surface area contributed by atoms with Crippen molar-refractivity contribution in [3.8, 4) is 11.7 Å². The second-order valence-corrected chi connectivity index (χ2v) is 4.81. The quantitative estimate of drug-likeness (QED) is 0.833. The molecule has 0 bridgehead atoms. The maximum absolute atomic E-state index is 5.45. The van der Waals surface area contributed by atoms with Crippen LogP contribution in [0.1, 0.15) is 31.4 Å². The van der Waals surface area contributed by atoms with Crippen LogP contribution in [-0.2, 0) is 6.54 Å². The van der Waals surface area contributed by atoms with Gasteiger partial charge in [0.05, 0.1) is 12.0 Å². The van der Waals surface area contributed by atoms with Gasteiger partial charge in [0.15, 0.2) is 5.76 Å². The zero-order valence-electron chi connectivity index (χ0n) is 10.5. The molecular formula is C14H18N2O2. The lowest BCUT2D eigenvalue weighted by Gasteiger charge is -2.17. The Balaban J connectivity index is 1.66. The Labute approximate surface area is 107 Å². The van der Waals surface area contributed by atoms with E-state index in [0.717, 1.165) is 12.2 Å². The lowest BCUT2D eigenvalue weighted by Crippen LogP contribution is -2.24. The van der Waals surface area contributed by atoms with E-state index in [1.807, 2.05) is 12.1 Å². The fraction of sp³-hybridized carbons (Fsp3) is 0.500. The molecule has 2 aromatic rings. The molecule has 0 aromatic carbocycles. The number of rotatable bonds is 3. The molecule has 1 saturated heterocycles. The molecule has 0 atom stereocenters. The summed E-state index contributed by atoms with van der Waals surface area (Å²) in [4.78, 5) is 6.93. The van der Waals surface area contributed by atoms with Gasteiger partial charge in [0, 0.05) is 6.54 Å². The van der Waals surface area contributed by atoms with E-state index >= 15 is 0 Å². The van der Waals surface area contributed by atoms with Crippen molar-refractivity contribution in [3.05, 3.63) is 30.4 Å². The zero-order valence-corrected chi connectivity index (χ0v) is 10.5. The minimum Gasteiger partial charge on any atom is -0.459 e. The molecule has 3 heterocycles. The normalized spacial score (nSPS) is 17.8. The molecule has 1 aliphatic heterocycles. The highest BCUT2D eigenvalue weighted by atomic mass is 16.4. The van der Waals surface area contributed by atoms with Crippen LogP contribution in [0.15, 0.2) is 33.5 Å². The summed E-state index contributed by atoms with van der Waals surface area (Å²) in [5, 5.41) is 0. The predicted octanol–water partition coefficient (Wildman–Crippen LogP) is 3.31. The Morgan fingerprint density at radius 2 is 1.94 bits per heavy atom. The highest BCUT2D eigenvalue weighted by molar-refractivity contribution is 5.43. The number of nitrogens with zero attached hydrogens (tertiary/aromatic N) is 2. The highest BCUT2D eigenvalue weighted by Crippen LogP contribution is 2.20. The molecule has 0 spiro atoms. The molecule has 3 rings (SSSR count). The van der Waals surface area contributed by atoms with E-state index < -0.39 is 0 Å². The largest absolute Gasteiger partial charge is 0.459 e. The summed E-state index contributed by atoms with van der Waals surface area (Å²) in [6.07, 6.45) is 8.67. The first kappa shape index (κ1) is 11.5. The molecule has 4 heteroatoms. The Hall–Kier alpha value is -1.55. The van der Waals surface area contributed by atoms with Crippen LogP contribution in [0.5, 0.6) is 0 Å². The van der Waals surface area contributed by atoms with Crippen LogP contribution < -0.4 is 0 Å². The summed E-state index contributed by atoms with van der Waals surface area (Å²) in [5.74, 6) is 1.27. The first-order chi connectivity index (χ1) is 8.92. The topological polar surface area (TPSA) is 42.4 Å². The molecule has 18 heavy (non-hydrogen) atoms. The maximum Gasteiger partial charge on any atom is 0.263 e. The van der Waals surface area contributed by atoms with E-state index in [2.05, 4.69) is 9.88 Å². The van der Waals surface area contributed by atoms with Crippen LogP contribution in [0.4, 0.5) is 0 Å². The number of likely N-dealkylation sites (tertiary alicyclic amines) is 1. The molecule has 1 fully saturated rings. The van der Waals surface area contributed by atoms with Gasteiger partial charge in [0.25, 0.3) is 5.89 Å². The van der Waals surface area contributed by atoms with Gasteiger partial charge >= 0.3 is 0 Å². The molecule has 0 amide bonds. The van der Waals surface area contributed by atoms with Crippen molar-refractivity contribution in [3.63, 3.8) is 0 Å². The van der Waals surface area contributed by atoms with E-state index in [-0.39, 0.29) is 0 Å². The molecule has 1 aliphatic rings. The van der Waals surface area contributed by atoms with E-state index in [1.54, 1.807) is 12.5 Å². The molecule has 0 unspecified atom stereocenters. The van der Waals surface area contributed by atoms with Crippen molar-refractivity contribution < 1.29 is 8.83 Å². The summed E-state index contributed by atoms with van der Waals surface area (Å²) in [6, 6.07) is 3.70. The van der Waals surface area contributed by atoms with Gasteiger partial charge in [-0.25, -0.2) is 4.98 Å². The van der Waals surface area contributed by atoms with Gasteiger partial charge < -0.3 is 8.83 Å². The van der Waals surface area contributed by atoms with Crippen molar-refractivity contribution in [2.45, 2.75) is 32.2 Å². The van der Waals surface area contributed by atoms with E-state index in [9.17, 15) is 0 Å². The first-order valence-corrected chi connectivity index (χ1v) is 6.62. The first-order valence-electron chi connectivity index (χ1n) is 6.62. The molecule has 2 aromatic heterocycles. The summed E-state index contributed by atoms with van der Waals surface area (Å²) < 4.78 is 10.7. The fourth-order valence-corrected chi connectivity index (χ4v) is 2.42. The van der Waals surface area contributed by atoms with Gasteiger partial charge in [-0.2, -0.15) is 0 Å². The van der Waals surface area contributed by atoms with Crippen LogP contribution >= 0.6 is 0 Å². The molecule has 4 nitrogen and oxygen atoms in total. The van der Waals surface area contributed by atoms with Gasteiger partial charge in [0.2, 0.25) is 0 Å². The lowest BCUT2D eigenvalue weighted by atomic mass is 10.2. The molecule has 96 valence electrons.